The van der Waals surface area contributed by atoms with E-state index in [1.807, 2.05) is 20.9 Å². The summed E-state index contributed by atoms with van der Waals surface area (Å²) in [6.45, 7) is 3.88. The molecule has 6 nitrogen and oxygen atoms in total. The standard InChI is InChI=1S/C13H17N5O.ClH/c1-8(11-7-16-18(3)9(11)2)17-13(19)12-5-4-10(14)6-15-12;/h4-8H,14H2,1-3H3,(H,17,19);1H. The normalized spacial score (nSPS) is 11.6. The topological polar surface area (TPSA) is 85.8 Å². The van der Waals surface area contributed by atoms with Crippen LogP contribution in [0.2, 0.25) is 0 Å². The first-order chi connectivity index (χ1) is 8.99. The van der Waals surface area contributed by atoms with Crippen LogP contribution in [-0.2, 0) is 7.05 Å². The van der Waals surface area contributed by atoms with Crippen LogP contribution >= 0.6 is 12.4 Å². The second kappa shape index (κ2) is 6.38. The quantitative estimate of drug-likeness (QED) is 0.901. The van der Waals surface area contributed by atoms with Crippen LogP contribution in [0.25, 0.3) is 0 Å². The molecule has 0 aliphatic rings. The predicted octanol–water partition coefficient (Wildman–Crippen LogP) is 1.62. The Morgan fingerprint density at radius 3 is 2.60 bits per heavy atom. The summed E-state index contributed by atoms with van der Waals surface area (Å²) >= 11 is 0. The first-order valence-corrected chi connectivity index (χ1v) is 6.00. The van der Waals surface area contributed by atoms with Crippen LogP contribution in [0.1, 0.15) is 34.7 Å². The number of halogens is 1. The average molecular weight is 296 g/mol. The highest BCUT2D eigenvalue weighted by Gasteiger charge is 2.16. The fraction of sp³-hybridized carbons (Fsp3) is 0.308. The summed E-state index contributed by atoms with van der Waals surface area (Å²) in [5.41, 5.74) is 8.44. The third-order valence-electron chi connectivity index (χ3n) is 3.11. The molecule has 7 heteroatoms. The highest BCUT2D eigenvalue weighted by atomic mass is 35.5. The average Bonchev–Trinajstić information content (AvgIpc) is 2.70. The maximum atomic E-state index is 12.0. The summed E-state index contributed by atoms with van der Waals surface area (Å²) in [5.74, 6) is -0.226. The molecule has 0 bridgehead atoms. The molecule has 1 atom stereocenters. The van der Waals surface area contributed by atoms with Crippen molar-refractivity contribution in [3.8, 4) is 0 Å². The number of aromatic nitrogens is 3. The summed E-state index contributed by atoms with van der Waals surface area (Å²) < 4.78 is 1.78. The Morgan fingerprint density at radius 1 is 1.40 bits per heavy atom. The van der Waals surface area contributed by atoms with E-state index in [1.54, 1.807) is 23.0 Å². The summed E-state index contributed by atoms with van der Waals surface area (Å²) in [6, 6.07) is 3.13. The zero-order valence-corrected chi connectivity index (χ0v) is 12.4. The number of anilines is 1. The molecule has 2 aromatic heterocycles. The Hall–Kier alpha value is -2.08. The minimum atomic E-state index is -0.226. The smallest absolute Gasteiger partial charge is 0.270 e. The van der Waals surface area contributed by atoms with Crippen LogP contribution in [0, 0.1) is 6.92 Å². The second-order valence-electron chi connectivity index (χ2n) is 4.48. The van der Waals surface area contributed by atoms with Gasteiger partial charge in [0.1, 0.15) is 5.69 Å². The molecule has 20 heavy (non-hydrogen) atoms. The van der Waals surface area contributed by atoms with Gasteiger partial charge in [-0.3, -0.25) is 9.48 Å². The first-order valence-electron chi connectivity index (χ1n) is 6.00. The molecule has 0 radical (unpaired) electrons. The van der Waals surface area contributed by atoms with Crippen molar-refractivity contribution in [2.45, 2.75) is 19.9 Å². The lowest BCUT2D eigenvalue weighted by Crippen LogP contribution is -2.27. The van der Waals surface area contributed by atoms with E-state index in [4.69, 9.17) is 5.73 Å². The molecule has 0 saturated heterocycles. The minimum Gasteiger partial charge on any atom is -0.397 e. The summed E-state index contributed by atoms with van der Waals surface area (Å²) in [6.07, 6.45) is 3.23. The van der Waals surface area contributed by atoms with Crippen LogP contribution in [-0.4, -0.2) is 20.7 Å². The highest BCUT2D eigenvalue weighted by molar-refractivity contribution is 5.92. The van der Waals surface area contributed by atoms with Crippen molar-refractivity contribution in [1.29, 1.82) is 0 Å². The molecular formula is C13H18ClN5O. The lowest BCUT2D eigenvalue weighted by molar-refractivity contribution is 0.0935. The molecule has 0 aliphatic carbocycles. The summed E-state index contributed by atoms with van der Waals surface area (Å²) in [4.78, 5) is 16.0. The maximum Gasteiger partial charge on any atom is 0.270 e. The number of nitrogens with two attached hydrogens (primary N) is 1. The van der Waals surface area contributed by atoms with Crippen molar-refractivity contribution in [1.82, 2.24) is 20.1 Å². The Bertz CT molecular complexity index is 593. The maximum absolute atomic E-state index is 12.0. The number of carbonyl (C=O) groups is 1. The number of aryl methyl sites for hydroxylation is 1. The largest absolute Gasteiger partial charge is 0.397 e. The number of nitrogens with one attached hydrogen (secondary N) is 1. The number of nitrogens with zero attached hydrogens (tertiary/aromatic N) is 3. The van der Waals surface area contributed by atoms with Gasteiger partial charge >= 0.3 is 0 Å². The zero-order chi connectivity index (χ0) is 14.0. The zero-order valence-electron chi connectivity index (χ0n) is 11.6. The Morgan fingerprint density at radius 2 is 2.10 bits per heavy atom. The third kappa shape index (κ3) is 3.27. The molecule has 0 aliphatic heterocycles. The number of nitrogen functional groups attached to an aromatic ring is 1. The Kier molecular flexibility index (Phi) is 5.10. The van der Waals surface area contributed by atoms with Gasteiger partial charge in [0, 0.05) is 18.3 Å². The van der Waals surface area contributed by atoms with Crippen LogP contribution in [0.5, 0.6) is 0 Å². The van der Waals surface area contributed by atoms with Crippen molar-refractivity contribution in [3.05, 3.63) is 41.5 Å². The van der Waals surface area contributed by atoms with E-state index < -0.39 is 0 Å². The molecule has 2 rings (SSSR count). The van der Waals surface area contributed by atoms with Crippen molar-refractivity contribution in [2.24, 2.45) is 7.05 Å². The number of hydrogen-bond donors (Lipinski definition) is 2. The number of amides is 1. The molecule has 2 aromatic rings. The van der Waals surface area contributed by atoms with E-state index in [0.717, 1.165) is 11.3 Å². The van der Waals surface area contributed by atoms with Crippen LogP contribution in [0.15, 0.2) is 24.5 Å². The van der Waals surface area contributed by atoms with Crippen molar-refractivity contribution < 1.29 is 4.79 Å². The van der Waals surface area contributed by atoms with Crippen molar-refractivity contribution >= 4 is 24.0 Å². The molecule has 0 fully saturated rings. The highest BCUT2D eigenvalue weighted by Crippen LogP contribution is 2.16. The molecule has 2 heterocycles. The van der Waals surface area contributed by atoms with E-state index in [2.05, 4.69) is 15.4 Å². The van der Waals surface area contributed by atoms with E-state index in [9.17, 15) is 4.79 Å². The van der Waals surface area contributed by atoms with Gasteiger partial charge in [0.25, 0.3) is 5.91 Å². The molecule has 0 saturated carbocycles. The minimum absolute atomic E-state index is 0. The third-order valence-corrected chi connectivity index (χ3v) is 3.11. The Balaban J connectivity index is 0.00000200. The van der Waals surface area contributed by atoms with Crippen LogP contribution in [0.3, 0.4) is 0 Å². The summed E-state index contributed by atoms with van der Waals surface area (Å²) in [5, 5.41) is 7.05. The van der Waals surface area contributed by atoms with Gasteiger partial charge in [-0.2, -0.15) is 5.10 Å². The molecule has 0 spiro atoms. The number of rotatable bonds is 3. The molecule has 3 N–H and O–H groups in total. The van der Waals surface area contributed by atoms with E-state index in [-0.39, 0.29) is 24.4 Å². The number of hydrogen-bond acceptors (Lipinski definition) is 4. The van der Waals surface area contributed by atoms with Gasteiger partial charge in [0.15, 0.2) is 0 Å². The lowest BCUT2D eigenvalue weighted by atomic mass is 10.1. The number of pyridine rings is 1. The van der Waals surface area contributed by atoms with Crippen molar-refractivity contribution in [2.75, 3.05) is 5.73 Å². The van der Waals surface area contributed by atoms with E-state index >= 15 is 0 Å². The van der Waals surface area contributed by atoms with Crippen LogP contribution in [0.4, 0.5) is 5.69 Å². The van der Waals surface area contributed by atoms with Gasteiger partial charge in [-0.1, -0.05) is 0 Å². The van der Waals surface area contributed by atoms with Gasteiger partial charge in [-0.15, -0.1) is 12.4 Å². The molecule has 1 amide bonds. The SMILES string of the molecule is Cc1c(C(C)NC(=O)c2ccc(N)cn2)cnn1C.Cl. The van der Waals surface area contributed by atoms with Crippen molar-refractivity contribution in [3.63, 3.8) is 0 Å². The monoisotopic (exact) mass is 295 g/mol. The molecule has 1 unspecified atom stereocenters. The molecule has 108 valence electrons. The van der Waals surface area contributed by atoms with Crippen LogP contribution < -0.4 is 11.1 Å². The second-order valence-corrected chi connectivity index (χ2v) is 4.48. The van der Waals surface area contributed by atoms with Gasteiger partial charge in [-0.05, 0) is 26.0 Å². The van der Waals surface area contributed by atoms with E-state index in [0.29, 0.717) is 11.4 Å². The molecule has 0 aromatic carbocycles. The predicted molar refractivity (Wildman–Crippen MR) is 79.7 cm³/mol. The van der Waals surface area contributed by atoms with Gasteiger partial charge in [0.2, 0.25) is 0 Å². The fourth-order valence-corrected chi connectivity index (χ4v) is 1.83. The lowest BCUT2D eigenvalue weighted by Gasteiger charge is -2.13. The van der Waals surface area contributed by atoms with Gasteiger partial charge < -0.3 is 11.1 Å². The Labute approximate surface area is 123 Å². The van der Waals surface area contributed by atoms with E-state index in [1.165, 1.54) is 6.20 Å². The summed E-state index contributed by atoms with van der Waals surface area (Å²) in [7, 11) is 1.87. The van der Waals surface area contributed by atoms with Gasteiger partial charge in [-0.25, -0.2) is 4.98 Å². The first kappa shape index (κ1) is 16.0. The molecular weight excluding hydrogens is 278 g/mol. The fourth-order valence-electron chi connectivity index (χ4n) is 1.83. The number of carbonyl (C=O) groups excluding carboxylic acids is 1. The van der Waals surface area contributed by atoms with Gasteiger partial charge in [0.05, 0.1) is 24.1 Å².